The van der Waals surface area contributed by atoms with E-state index in [1.807, 2.05) is 32.0 Å². The lowest BCUT2D eigenvalue weighted by Gasteiger charge is -2.30. The van der Waals surface area contributed by atoms with Gasteiger partial charge in [-0.05, 0) is 44.7 Å². The van der Waals surface area contributed by atoms with Crippen molar-refractivity contribution in [1.29, 1.82) is 0 Å². The van der Waals surface area contributed by atoms with Crippen LogP contribution in [0.1, 0.15) is 47.3 Å². The molecule has 1 heterocycles. The minimum absolute atomic E-state index is 0.0878. The zero-order valence-electron chi connectivity index (χ0n) is 17.6. The highest BCUT2D eigenvalue weighted by atomic mass is 19.4. The Hall–Kier alpha value is -2.91. The smallest absolute Gasteiger partial charge is 0.363 e. The molecule has 1 aromatic carbocycles. The SMILES string of the molecule is Cc1cc(N(C)C)nc(NC2CCC(NC(=O)c3cccc(F)c3C(F)(F)F)CC2)n1. The standard InChI is InChI=1S/C21H25F4N5O/c1-12-11-17(30(2)3)29-20(26-12)28-14-9-7-13(8-10-14)27-19(31)15-5-4-6-16(22)18(15)21(23,24)25/h4-6,11,13-14H,7-10H2,1-3H3,(H,27,31)(H,26,28,29). The van der Waals surface area contributed by atoms with Crippen molar-refractivity contribution in [2.24, 2.45) is 0 Å². The maximum absolute atomic E-state index is 13.7. The first-order valence-electron chi connectivity index (χ1n) is 10.0. The van der Waals surface area contributed by atoms with Crippen LogP contribution in [0, 0.1) is 12.7 Å². The van der Waals surface area contributed by atoms with Crippen LogP contribution in [0.5, 0.6) is 0 Å². The second kappa shape index (κ2) is 9.07. The van der Waals surface area contributed by atoms with Gasteiger partial charge in [-0.3, -0.25) is 4.79 Å². The Morgan fingerprint density at radius 1 is 1.10 bits per heavy atom. The van der Waals surface area contributed by atoms with Crippen LogP contribution in [0.15, 0.2) is 24.3 Å². The van der Waals surface area contributed by atoms with Crippen LogP contribution < -0.4 is 15.5 Å². The van der Waals surface area contributed by atoms with Gasteiger partial charge in [-0.1, -0.05) is 6.07 Å². The summed E-state index contributed by atoms with van der Waals surface area (Å²) in [6.45, 7) is 1.88. The van der Waals surface area contributed by atoms with E-state index in [1.165, 1.54) is 0 Å². The minimum atomic E-state index is -4.95. The number of halogens is 4. The molecule has 168 valence electrons. The Labute approximate surface area is 178 Å². The van der Waals surface area contributed by atoms with Gasteiger partial charge in [0.05, 0.1) is 5.56 Å². The van der Waals surface area contributed by atoms with Crippen LogP contribution in [0.25, 0.3) is 0 Å². The zero-order valence-corrected chi connectivity index (χ0v) is 17.6. The molecule has 6 nitrogen and oxygen atoms in total. The van der Waals surface area contributed by atoms with Crippen LogP contribution in [0.3, 0.4) is 0 Å². The second-order valence-corrected chi connectivity index (χ2v) is 7.91. The molecular formula is C21H25F4N5O. The van der Waals surface area contributed by atoms with Crippen LogP contribution >= 0.6 is 0 Å². The Morgan fingerprint density at radius 3 is 2.35 bits per heavy atom. The maximum Gasteiger partial charge on any atom is 0.420 e. The van der Waals surface area contributed by atoms with Gasteiger partial charge in [0.2, 0.25) is 5.95 Å². The fourth-order valence-corrected chi connectivity index (χ4v) is 3.67. The summed E-state index contributed by atoms with van der Waals surface area (Å²) in [6.07, 6.45) is -2.42. The normalized spacial score (nSPS) is 19.1. The molecule has 10 heteroatoms. The maximum atomic E-state index is 13.7. The first-order chi connectivity index (χ1) is 14.5. The van der Waals surface area contributed by atoms with Gasteiger partial charge in [0, 0.05) is 37.9 Å². The molecule has 1 aromatic heterocycles. The minimum Gasteiger partial charge on any atom is -0.363 e. The largest absolute Gasteiger partial charge is 0.420 e. The van der Waals surface area contributed by atoms with Crippen molar-refractivity contribution >= 4 is 17.7 Å². The van der Waals surface area contributed by atoms with Gasteiger partial charge in [0.25, 0.3) is 5.91 Å². The molecule has 2 aromatic rings. The highest BCUT2D eigenvalue weighted by molar-refractivity contribution is 5.96. The summed E-state index contributed by atoms with van der Waals surface area (Å²) in [5.74, 6) is -1.07. The number of nitrogens with zero attached hydrogens (tertiary/aromatic N) is 3. The average molecular weight is 439 g/mol. The third-order valence-corrected chi connectivity index (χ3v) is 5.24. The molecule has 0 spiro atoms. The molecule has 0 saturated heterocycles. The van der Waals surface area contributed by atoms with Crippen LogP contribution in [-0.2, 0) is 6.18 Å². The molecule has 3 rings (SSSR count). The molecule has 1 aliphatic carbocycles. The van der Waals surface area contributed by atoms with E-state index in [0.717, 1.165) is 23.6 Å². The first-order valence-corrected chi connectivity index (χ1v) is 10.0. The molecule has 0 radical (unpaired) electrons. The molecule has 0 atom stereocenters. The summed E-state index contributed by atoms with van der Waals surface area (Å²) in [7, 11) is 3.78. The predicted molar refractivity (Wildman–Crippen MR) is 110 cm³/mol. The molecule has 2 N–H and O–H groups in total. The number of benzene rings is 1. The van der Waals surface area contributed by atoms with Crippen LogP contribution in [0.4, 0.5) is 29.3 Å². The predicted octanol–water partition coefficient (Wildman–Crippen LogP) is 4.16. The lowest BCUT2D eigenvalue weighted by Crippen LogP contribution is -2.41. The molecular weight excluding hydrogens is 414 g/mol. The summed E-state index contributed by atoms with van der Waals surface area (Å²) >= 11 is 0. The van der Waals surface area contributed by atoms with E-state index in [1.54, 1.807) is 0 Å². The van der Waals surface area contributed by atoms with E-state index in [4.69, 9.17) is 0 Å². The highest BCUT2D eigenvalue weighted by Gasteiger charge is 2.39. The Morgan fingerprint density at radius 2 is 1.74 bits per heavy atom. The number of nitrogens with one attached hydrogen (secondary N) is 2. The lowest BCUT2D eigenvalue weighted by atomic mass is 9.91. The molecule has 31 heavy (non-hydrogen) atoms. The van der Waals surface area contributed by atoms with E-state index in [9.17, 15) is 22.4 Å². The van der Waals surface area contributed by atoms with Crippen molar-refractivity contribution in [2.45, 2.75) is 50.9 Å². The summed E-state index contributed by atoms with van der Waals surface area (Å²) in [4.78, 5) is 23.2. The second-order valence-electron chi connectivity index (χ2n) is 7.91. The molecule has 0 unspecified atom stereocenters. The third-order valence-electron chi connectivity index (χ3n) is 5.24. The van der Waals surface area contributed by atoms with Crippen molar-refractivity contribution in [3.63, 3.8) is 0 Å². The van der Waals surface area contributed by atoms with Crippen molar-refractivity contribution < 1.29 is 22.4 Å². The van der Waals surface area contributed by atoms with Crippen molar-refractivity contribution in [3.05, 3.63) is 46.9 Å². The Bertz CT molecular complexity index is 940. The van der Waals surface area contributed by atoms with Crippen molar-refractivity contribution in [3.8, 4) is 0 Å². The highest BCUT2D eigenvalue weighted by Crippen LogP contribution is 2.34. The fraction of sp³-hybridized carbons (Fsp3) is 0.476. The van der Waals surface area contributed by atoms with Crippen molar-refractivity contribution in [2.75, 3.05) is 24.3 Å². The fourth-order valence-electron chi connectivity index (χ4n) is 3.67. The van der Waals surface area contributed by atoms with E-state index >= 15 is 0 Å². The van der Waals surface area contributed by atoms with Gasteiger partial charge in [0.1, 0.15) is 17.2 Å². The molecule has 0 bridgehead atoms. The van der Waals surface area contributed by atoms with Gasteiger partial charge >= 0.3 is 6.18 Å². The molecule has 1 aliphatic rings. The molecule has 0 aliphatic heterocycles. The van der Waals surface area contributed by atoms with E-state index in [-0.39, 0.29) is 12.1 Å². The number of aryl methyl sites for hydroxylation is 1. The average Bonchev–Trinajstić information content (AvgIpc) is 2.67. The van der Waals surface area contributed by atoms with Gasteiger partial charge in [-0.15, -0.1) is 0 Å². The Balaban J connectivity index is 1.60. The summed E-state index contributed by atoms with van der Waals surface area (Å²) < 4.78 is 53.2. The van der Waals surface area contributed by atoms with Gasteiger partial charge < -0.3 is 15.5 Å². The van der Waals surface area contributed by atoms with Crippen LogP contribution in [0.2, 0.25) is 0 Å². The summed E-state index contributed by atoms with van der Waals surface area (Å²) in [5, 5.41) is 5.92. The number of aromatic nitrogens is 2. The zero-order chi connectivity index (χ0) is 22.8. The number of hydrogen-bond acceptors (Lipinski definition) is 5. The van der Waals surface area contributed by atoms with Crippen LogP contribution in [-0.4, -0.2) is 42.1 Å². The molecule has 1 fully saturated rings. The van der Waals surface area contributed by atoms with Crippen molar-refractivity contribution in [1.82, 2.24) is 15.3 Å². The Kier molecular flexibility index (Phi) is 6.66. The summed E-state index contributed by atoms with van der Waals surface area (Å²) in [5.41, 5.74) is -1.40. The summed E-state index contributed by atoms with van der Waals surface area (Å²) in [6, 6.07) is 4.47. The molecule has 1 saturated carbocycles. The number of carbonyl (C=O) groups is 1. The first kappa shape index (κ1) is 22.8. The van der Waals surface area contributed by atoms with E-state index in [2.05, 4.69) is 20.6 Å². The number of rotatable bonds is 5. The monoisotopic (exact) mass is 439 g/mol. The number of carbonyl (C=O) groups excluding carboxylic acids is 1. The topological polar surface area (TPSA) is 70.2 Å². The van der Waals surface area contributed by atoms with Gasteiger partial charge in [-0.25, -0.2) is 9.37 Å². The number of alkyl halides is 3. The van der Waals surface area contributed by atoms with E-state index in [0.29, 0.717) is 37.7 Å². The van der Waals surface area contributed by atoms with Gasteiger partial charge in [-0.2, -0.15) is 18.2 Å². The lowest BCUT2D eigenvalue weighted by molar-refractivity contribution is -0.140. The van der Waals surface area contributed by atoms with E-state index < -0.39 is 29.0 Å². The number of amides is 1. The van der Waals surface area contributed by atoms with Gasteiger partial charge in [0.15, 0.2) is 0 Å². The molecule has 1 amide bonds. The quantitative estimate of drug-likeness (QED) is 0.685. The third kappa shape index (κ3) is 5.62. The number of anilines is 2. The number of hydrogen-bond donors (Lipinski definition) is 2.